The molecule has 3 aromatic carbocycles. The van der Waals surface area contributed by atoms with Crippen molar-refractivity contribution < 1.29 is 19.1 Å². The topological polar surface area (TPSA) is 76.7 Å². The van der Waals surface area contributed by atoms with E-state index >= 15 is 0 Å². The highest BCUT2D eigenvalue weighted by atomic mass is 79.9. The van der Waals surface area contributed by atoms with Crippen LogP contribution in [0.4, 0.5) is 5.69 Å². The minimum Gasteiger partial charge on any atom is -0.493 e. The molecule has 8 heteroatoms. The van der Waals surface area contributed by atoms with E-state index in [1.165, 1.54) is 14.2 Å². The number of nitrogens with one attached hydrogen (secondary N) is 2. The Bertz CT molecular complexity index is 1150. The minimum absolute atomic E-state index is 0.0556. The summed E-state index contributed by atoms with van der Waals surface area (Å²) in [5, 5.41) is 5.98. The Morgan fingerprint density at radius 1 is 0.906 bits per heavy atom. The van der Waals surface area contributed by atoms with Gasteiger partial charge >= 0.3 is 0 Å². The fourth-order valence-electron chi connectivity index (χ4n) is 2.80. The molecule has 0 unspecified atom stereocenters. The molecule has 0 saturated heterocycles. The second-order valence-corrected chi connectivity index (χ2v) is 7.95. The van der Waals surface area contributed by atoms with Gasteiger partial charge in [-0.05, 0) is 72.3 Å². The summed E-state index contributed by atoms with van der Waals surface area (Å²) in [6.45, 7) is 0. The summed E-state index contributed by atoms with van der Waals surface area (Å²) in [5.74, 6) is 0.123. The van der Waals surface area contributed by atoms with Gasteiger partial charge in [-0.25, -0.2) is 0 Å². The molecule has 32 heavy (non-hydrogen) atoms. The third-order valence-electron chi connectivity index (χ3n) is 4.42. The van der Waals surface area contributed by atoms with Crippen LogP contribution in [-0.2, 0) is 4.79 Å². The quantitative estimate of drug-likeness (QED) is 0.406. The molecule has 0 saturated carbocycles. The first kappa shape index (κ1) is 23.4. The van der Waals surface area contributed by atoms with Crippen LogP contribution in [0.1, 0.15) is 15.9 Å². The van der Waals surface area contributed by atoms with Crippen LogP contribution >= 0.6 is 27.5 Å². The van der Waals surface area contributed by atoms with Crippen molar-refractivity contribution in [2.75, 3.05) is 19.5 Å². The first-order valence-corrected chi connectivity index (χ1v) is 10.6. The first-order chi connectivity index (χ1) is 15.4. The van der Waals surface area contributed by atoms with Crippen LogP contribution < -0.4 is 20.1 Å². The van der Waals surface area contributed by atoms with Gasteiger partial charge in [0.05, 0.1) is 14.2 Å². The van der Waals surface area contributed by atoms with E-state index in [2.05, 4.69) is 26.6 Å². The van der Waals surface area contributed by atoms with Gasteiger partial charge in [0.25, 0.3) is 11.8 Å². The molecule has 0 aliphatic heterocycles. The molecule has 3 rings (SSSR count). The van der Waals surface area contributed by atoms with E-state index < -0.39 is 11.8 Å². The molecule has 0 radical (unpaired) electrons. The maximum atomic E-state index is 13.0. The maximum Gasteiger partial charge on any atom is 0.272 e. The first-order valence-electron chi connectivity index (χ1n) is 9.47. The van der Waals surface area contributed by atoms with Crippen molar-refractivity contribution in [2.45, 2.75) is 0 Å². The second kappa shape index (κ2) is 10.8. The third-order valence-corrected chi connectivity index (χ3v) is 5.20. The van der Waals surface area contributed by atoms with Crippen molar-refractivity contribution in [1.29, 1.82) is 0 Å². The predicted octanol–water partition coefficient (Wildman–Crippen LogP) is 5.53. The molecular formula is C24H20BrClN2O4. The molecule has 0 fully saturated rings. The third kappa shape index (κ3) is 6.12. The number of amides is 2. The Kier molecular flexibility index (Phi) is 7.92. The zero-order valence-corrected chi connectivity index (χ0v) is 19.7. The number of benzene rings is 3. The highest BCUT2D eigenvalue weighted by molar-refractivity contribution is 9.10. The Hall–Kier alpha value is -3.29. The lowest BCUT2D eigenvalue weighted by molar-refractivity contribution is -0.113. The largest absolute Gasteiger partial charge is 0.493 e. The SMILES string of the molecule is COc1ccc(C=C(NC(=O)c2ccc(Cl)cc2)C(=O)Nc2ccc(Br)cc2)cc1OC. The van der Waals surface area contributed by atoms with Crippen LogP contribution in [0, 0.1) is 0 Å². The Labute approximate surface area is 199 Å². The zero-order chi connectivity index (χ0) is 23.1. The number of carbonyl (C=O) groups excluding carboxylic acids is 2. The lowest BCUT2D eigenvalue weighted by Gasteiger charge is -2.12. The molecule has 164 valence electrons. The number of halogens is 2. The average Bonchev–Trinajstić information content (AvgIpc) is 2.80. The van der Waals surface area contributed by atoms with Gasteiger partial charge in [0, 0.05) is 20.7 Å². The summed E-state index contributed by atoms with van der Waals surface area (Å²) >= 11 is 9.26. The summed E-state index contributed by atoms with van der Waals surface area (Å²) in [6, 6.07) is 18.7. The molecule has 0 aliphatic rings. The molecule has 0 aromatic heterocycles. The number of ether oxygens (including phenoxy) is 2. The van der Waals surface area contributed by atoms with Gasteiger partial charge in [-0.1, -0.05) is 33.6 Å². The van der Waals surface area contributed by atoms with E-state index in [-0.39, 0.29) is 5.70 Å². The van der Waals surface area contributed by atoms with Crippen LogP contribution in [0.15, 0.2) is 76.9 Å². The second-order valence-electron chi connectivity index (χ2n) is 6.59. The van der Waals surface area contributed by atoms with Gasteiger partial charge in [-0.2, -0.15) is 0 Å². The summed E-state index contributed by atoms with van der Waals surface area (Å²) in [4.78, 5) is 25.8. The molecular weight excluding hydrogens is 496 g/mol. The van der Waals surface area contributed by atoms with Crippen molar-refractivity contribution in [3.05, 3.63) is 93.0 Å². The number of carbonyl (C=O) groups is 2. The van der Waals surface area contributed by atoms with Crippen molar-refractivity contribution in [2.24, 2.45) is 0 Å². The number of rotatable bonds is 7. The Morgan fingerprint density at radius 2 is 1.56 bits per heavy atom. The fraction of sp³-hybridized carbons (Fsp3) is 0.0833. The predicted molar refractivity (Wildman–Crippen MR) is 129 cm³/mol. The lowest BCUT2D eigenvalue weighted by atomic mass is 10.1. The van der Waals surface area contributed by atoms with Crippen molar-refractivity contribution in [1.82, 2.24) is 5.32 Å². The molecule has 0 bridgehead atoms. The van der Waals surface area contributed by atoms with Crippen molar-refractivity contribution >= 4 is 51.1 Å². The minimum atomic E-state index is -0.482. The molecule has 2 N–H and O–H groups in total. The van der Waals surface area contributed by atoms with Crippen molar-refractivity contribution in [3.8, 4) is 11.5 Å². The van der Waals surface area contributed by atoms with Gasteiger partial charge in [-0.15, -0.1) is 0 Å². The van der Waals surface area contributed by atoms with Gasteiger partial charge < -0.3 is 20.1 Å². The normalized spacial score (nSPS) is 10.9. The van der Waals surface area contributed by atoms with E-state index in [0.717, 1.165) is 4.47 Å². The van der Waals surface area contributed by atoms with Gasteiger partial charge in [0.1, 0.15) is 5.70 Å². The molecule has 0 heterocycles. The van der Waals surface area contributed by atoms with Crippen LogP contribution in [0.25, 0.3) is 6.08 Å². The smallest absolute Gasteiger partial charge is 0.272 e. The molecule has 0 spiro atoms. The monoisotopic (exact) mass is 514 g/mol. The zero-order valence-electron chi connectivity index (χ0n) is 17.3. The molecule has 0 atom stereocenters. The van der Waals surface area contributed by atoms with Gasteiger partial charge in [0.15, 0.2) is 11.5 Å². The summed E-state index contributed by atoms with van der Waals surface area (Å²) < 4.78 is 11.5. The highest BCUT2D eigenvalue weighted by Gasteiger charge is 2.16. The van der Waals surface area contributed by atoms with E-state index in [1.54, 1.807) is 72.8 Å². The Balaban J connectivity index is 1.93. The van der Waals surface area contributed by atoms with Crippen LogP contribution in [0.5, 0.6) is 11.5 Å². The molecule has 6 nitrogen and oxygen atoms in total. The fourth-order valence-corrected chi connectivity index (χ4v) is 3.19. The Morgan fingerprint density at radius 3 is 2.19 bits per heavy atom. The van der Waals surface area contributed by atoms with Crippen LogP contribution in [-0.4, -0.2) is 26.0 Å². The number of methoxy groups -OCH3 is 2. The van der Waals surface area contributed by atoms with Crippen LogP contribution in [0.3, 0.4) is 0 Å². The summed E-state index contributed by atoms with van der Waals surface area (Å²) in [5.41, 5.74) is 1.64. The van der Waals surface area contributed by atoms with Crippen LogP contribution in [0.2, 0.25) is 5.02 Å². The van der Waals surface area contributed by atoms with Crippen molar-refractivity contribution in [3.63, 3.8) is 0 Å². The highest BCUT2D eigenvalue weighted by Crippen LogP contribution is 2.28. The summed E-state index contributed by atoms with van der Waals surface area (Å²) in [6.07, 6.45) is 1.56. The number of anilines is 1. The van der Waals surface area contributed by atoms with E-state index in [0.29, 0.717) is 33.3 Å². The average molecular weight is 516 g/mol. The lowest BCUT2D eigenvalue weighted by Crippen LogP contribution is -2.30. The number of hydrogen-bond donors (Lipinski definition) is 2. The number of hydrogen-bond acceptors (Lipinski definition) is 4. The molecule has 3 aromatic rings. The molecule has 2 amide bonds. The maximum absolute atomic E-state index is 13.0. The summed E-state index contributed by atoms with van der Waals surface area (Å²) in [7, 11) is 3.06. The van der Waals surface area contributed by atoms with E-state index in [4.69, 9.17) is 21.1 Å². The van der Waals surface area contributed by atoms with E-state index in [1.807, 2.05) is 0 Å². The van der Waals surface area contributed by atoms with Gasteiger partial charge in [-0.3, -0.25) is 9.59 Å². The van der Waals surface area contributed by atoms with Gasteiger partial charge in [0.2, 0.25) is 0 Å². The standard InChI is InChI=1S/C24H20BrClN2O4/c1-31-21-12-3-15(14-22(21)32-2)13-20(24(30)27-19-10-6-17(25)7-11-19)28-23(29)16-4-8-18(26)9-5-16/h3-14H,1-2H3,(H,27,30)(H,28,29). The van der Waals surface area contributed by atoms with E-state index in [9.17, 15) is 9.59 Å². The molecule has 0 aliphatic carbocycles.